The van der Waals surface area contributed by atoms with Gasteiger partial charge in [0.25, 0.3) is 0 Å². The Morgan fingerprint density at radius 2 is 1.90 bits per heavy atom. The average Bonchev–Trinajstić information content (AvgIpc) is 3.18. The van der Waals surface area contributed by atoms with E-state index < -0.39 is 5.41 Å². The van der Waals surface area contributed by atoms with E-state index in [1.54, 1.807) is 0 Å². The van der Waals surface area contributed by atoms with E-state index in [1.807, 2.05) is 9.80 Å². The number of carbonyl (C=O) groups is 2. The van der Waals surface area contributed by atoms with Crippen LogP contribution in [0.1, 0.15) is 37.8 Å². The van der Waals surface area contributed by atoms with Crippen LogP contribution >= 0.6 is 0 Å². The molecule has 0 unspecified atom stereocenters. The molecule has 0 bridgehead atoms. The van der Waals surface area contributed by atoms with Crippen LogP contribution < -0.4 is 0 Å². The van der Waals surface area contributed by atoms with Gasteiger partial charge in [-0.2, -0.15) is 0 Å². The second-order valence-electron chi connectivity index (χ2n) is 8.69. The van der Waals surface area contributed by atoms with Gasteiger partial charge in [0.15, 0.2) is 0 Å². The molecule has 2 aliphatic heterocycles. The molecular formula is C21H28N6O2. The first-order valence-electron chi connectivity index (χ1n) is 10.3. The van der Waals surface area contributed by atoms with Crippen molar-refractivity contribution in [1.29, 1.82) is 0 Å². The Morgan fingerprint density at radius 3 is 2.55 bits per heavy atom. The van der Waals surface area contributed by atoms with E-state index in [0.29, 0.717) is 38.4 Å². The zero-order valence-corrected chi connectivity index (χ0v) is 17.1. The van der Waals surface area contributed by atoms with Gasteiger partial charge >= 0.3 is 0 Å². The maximum Gasteiger partial charge on any atom is 0.244 e. The van der Waals surface area contributed by atoms with E-state index in [1.165, 1.54) is 22.1 Å². The van der Waals surface area contributed by atoms with Crippen molar-refractivity contribution in [3.8, 4) is 0 Å². The van der Waals surface area contributed by atoms with Crippen molar-refractivity contribution in [2.45, 2.75) is 46.2 Å². The first kappa shape index (κ1) is 19.5. The second-order valence-corrected chi connectivity index (χ2v) is 8.69. The van der Waals surface area contributed by atoms with Gasteiger partial charge in [0.2, 0.25) is 11.8 Å². The van der Waals surface area contributed by atoms with Gasteiger partial charge in [0.05, 0.1) is 5.41 Å². The summed E-state index contributed by atoms with van der Waals surface area (Å²) in [6, 6.07) is 8.40. The fourth-order valence-corrected chi connectivity index (χ4v) is 4.59. The predicted molar refractivity (Wildman–Crippen MR) is 106 cm³/mol. The molecule has 1 spiro atoms. The zero-order chi connectivity index (χ0) is 20.4. The lowest BCUT2D eigenvalue weighted by Crippen LogP contribution is -2.52. The van der Waals surface area contributed by atoms with Crippen LogP contribution in [0, 0.1) is 11.3 Å². The summed E-state index contributed by atoms with van der Waals surface area (Å²) in [5, 5.41) is 10.9. The molecule has 1 aromatic heterocycles. The molecule has 0 radical (unpaired) electrons. The van der Waals surface area contributed by atoms with Crippen LogP contribution in [0.4, 0.5) is 0 Å². The van der Waals surface area contributed by atoms with Gasteiger partial charge in [-0.05, 0) is 46.7 Å². The highest BCUT2D eigenvalue weighted by Crippen LogP contribution is 2.40. The quantitative estimate of drug-likeness (QED) is 0.782. The van der Waals surface area contributed by atoms with Gasteiger partial charge in [-0.25, -0.2) is 4.68 Å². The Kier molecular flexibility index (Phi) is 5.34. The molecule has 0 saturated carbocycles. The van der Waals surface area contributed by atoms with Gasteiger partial charge in [-0.3, -0.25) is 9.59 Å². The van der Waals surface area contributed by atoms with Crippen LogP contribution in [-0.2, 0) is 29.1 Å². The molecule has 2 aromatic rings. The van der Waals surface area contributed by atoms with Crippen molar-refractivity contribution in [3.63, 3.8) is 0 Å². The molecule has 3 heterocycles. The summed E-state index contributed by atoms with van der Waals surface area (Å²) < 4.78 is 1.43. The van der Waals surface area contributed by atoms with Gasteiger partial charge in [-0.1, -0.05) is 38.1 Å². The number of tetrazole rings is 1. The minimum Gasteiger partial charge on any atom is -0.341 e. The van der Waals surface area contributed by atoms with Crippen molar-refractivity contribution in [2.75, 3.05) is 19.6 Å². The SMILES string of the molecule is CC(C)CN1Cc2ccccc2CC2(CCN(C(=O)Cn3cnnn3)CC2)C1=O. The van der Waals surface area contributed by atoms with Crippen molar-refractivity contribution in [1.82, 2.24) is 30.0 Å². The molecule has 1 fully saturated rings. The molecule has 154 valence electrons. The van der Waals surface area contributed by atoms with Gasteiger partial charge in [0.1, 0.15) is 12.9 Å². The Hall–Kier alpha value is -2.77. The molecule has 8 nitrogen and oxygen atoms in total. The summed E-state index contributed by atoms with van der Waals surface area (Å²) in [7, 11) is 0. The summed E-state index contributed by atoms with van der Waals surface area (Å²) in [5.41, 5.74) is 2.09. The molecule has 4 rings (SSSR count). The Labute approximate surface area is 170 Å². The molecule has 0 atom stereocenters. The standard InChI is InChI=1S/C21H28N6O2/c1-16(2)12-26-13-18-6-4-3-5-17(18)11-21(20(26)29)7-9-25(10-8-21)19(28)14-27-15-22-23-24-27/h3-6,15-16H,7-14H2,1-2H3. The molecule has 1 saturated heterocycles. The first-order chi connectivity index (χ1) is 14.0. The number of carbonyl (C=O) groups excluding carboxylic acids is 2. The topological polar surface area (TPSA) is 84.2 Å². The number of fused-ring (bicyclic) bond motifs is 1. The summed E-state index contributed by atoms with van der Waals surface area (Å²) in [4.78, 5) is 30.1. The molecule has 0 N–H and O–H groups in total. The highest BCUT2D eigenvalue weighted by atomic mass is 16.2. The van der Waals surface area contributed by atoms with E-state index >= 15 is 0 Å². The molecule has 2 amide bonds. The highest BCUT2D eigenvalue weighted by molar-refractivity contribution is 5.84. The third-order valence-electron chi connectivity index (χ3n) is 6.10. The Bertz CT molecular complexity index is 871. The lowest BCUT2D eigenvalue weighted by atomic mass is 9.72. The van der Waals surface area contributed by atoms with Crippen molar-refractivity contribution in [2.24, 2.45) is 11.3 Å². The number of hydrogen-bond acceptors (Lipinski definition) is 5. The maximum atomic E-state index is 13.7. The number of amides is 2. The number of rotatable bonds is 4. The van der Waals surface area contributed by atoms with Crippen LogP contribution in [0.15, 0.2) is 30.6 Å². The summed E-state index contributed by atoms with van der Waals surface area (Å²) in [6.07, 6.45) is 3.58. The maximum absolute atomic E-state index is 13.7. The minimum absolute atomic E-state index is 0.00680. The number of benzene rings is 1. The smallest absolute Gasteiger partial charge is 0.244 e. The number of hydrogen-bond donors (Lipinski definition) is 0. The number of likely N-dealkylation sites (tertiary alicyclic amines) is 1. The molecule has 0 aliphatic carbocycles. The van der Waals surface area contributed by atoms with Crippen LogP contribution in [0.3, 0.4) is 0 Å². The minimum atomic E-state index is -0.424. The molecule has 29 heavy (non-hydrogen) atoms. The third-order valence-corrected chi connectivity index (χ3v) is 6.10. The zero-order valence-electron chi connectivity index (χ0n) is 17.1. The third kappa shape index (κ3) is 4.02. The number of piperidine rings is 1. The van der Waals surface area contributed by atoms with Crippen LogP contribution in [0.2, 0.25) is 0 Å². The van der Waals surface area contributed by atoms with E-state index in [9.17, 15) is 9.59 Å². The van der Waals surface area contributed by atoms with Gasteiger partial charge in [0, 0.05) is 26.2 Å². The normalized spacial score (nSPS) is 18.8. The molecule has 2 aliphatic rings. The van der Waals surface area contributed by atoms with Crippen molar-refractivity contribution in [3.05, 3.63) is 41.7 Å². The second kappa shape index (κ2) is 7.93. The summed E-state index contributed by atoms with van der Waals surface area (Å²) >= 11 is 0. The van der Waals surface area contributed by atoms with Crippen molar-refractivity contribution < 1.29 is 9.59 Å². The average molecular weight is 396 g/mol. The lowest BCUT2D eigenvalue weighted by Gasteiger charge is -2.42. The fourth-order valence-electron chi connectivity index (χ4n) is 4.59. The van der Waals surface area contributed by atoms with E-state index in [4.69, 9.17) is 0 Å². The molecular weight excluding hydrogens is 368 g/mol. The summed E-state index contributed by atoms with van der Waals surface area (Å²) in [5.74, 6) is 0.654. The monoisotopic (exact) mass is 396 g/mol. The van der Waals surface area contributed by atoms with Gasteiger partial charge in [-0.15, -0.1) is 5.10 Å². The molecule has 8 heteroatoms. The predicted octanol–water partition coefficient (Wildman–Crippen LogP) is 1.52. The van der Waals surface area contributed by atoms with Gasteiger partial charge < -0.3 is 9.80 Å². The first-order valence-corrected chi connectivity index (χ1v) is 10.3. The molecule has 1 aromatic carbocycles. The van der Waals surface area contributed by atoms with E-state index in [0.717, 1.165) is 13.0 Å². The van der Waals surface area contributed by atoms with Crippen LogP contribution in [0.25, 0.3) is 0 Å². The van der Waals surface area contributed by atoms with E-state index in [-0.39, 0.29) is 18.4 Å². The lowest BCUT2D eigenvalue weighted by molar-refractivity contribution is -0.149. The summed E-state index contributed by atoms with van der Waals surface area (Å²) in [6.45, 7) is 7.05. The Balaban J connectivity index is 1.53. The largest absolute Gasteiger partial charge is 0.341 e. The van der Waals surface area contributed by atoms with Crippen LogP contribution in [-0.4, -0.2) is 61.5 Å². The number of nitrogens with zero attached hydrogens (tertiary/aromatic N) is 6. The van der Waals surface area contributed by atoms with Crippen molar-refractivity contribution >= 4 is 11.8 Å². The Morgan fingerprint density at radius 1 is 1.17 bits per heavy atom. The van der Waals surface area contributed by atoms with Crippen LogP contribution in [0.5, 0.6) is 0 Å². The van der Waals surface area contributed by atoms with E-state index in [2.05, 4.69) is 53.6 Å². The number of aromatic nitrogens is 4. The highest BCUT2D eigenvalue weighted by Gasteiger charge is 2.46. The fraction of sp³-hybridized carbons (Fsp3) is 0.571.